The van der Waals surface area contributed by atoms with Crippen LogP contribution in [-0.2, 0) is 0 Å². The third-order valence-corrected chi connectivity index (χ3v) is 1.05. The van der Waals surface area contributed by atoms with Crippen LogP contribution in [0.1, 0.15) is 40.0 Å². The summed E-state index contributed by atoms with van der Waals surface area (Å²) in [5.74, 6) is 6.81. The summed E-state index contributed by atoms with van der Waals surface area (Å²) < 4.78 is 0. The molecule has 0 atom stereocenters. The Kier molecular flexibility index (Phi) is 5.41. The van der Waals surface area contributed by atoms with E-state index in [0.717, 1.165) is 6.42 Å². The van der Waals surface area contributed by atoms with Crippen molar-refractivity contribution in [3.8, 4) is 11.8 Å². The molecule has 0 amide bonds. The molecular formula is C9H16. The molecule has 0 aliphatic rings. The summed E-state index contributed by atoms with van der Waals surface area (Å²) in [7, 11) is 0. The highest BCUT2D eigenvalue weighted by Crippen LogP contribution is 1.92. The molecular weight excluding hydrogens is 108 g/mol. The Hall–Kier alpha value is -0.440. The Bertz CT molecular complexity index is 101. The molecule has 0 unspecified atom stereocenters. The summed E-state index contributed by atoms with van der Waals surface area (Å²) in [6, 6.07) is 0. The van der Waals surface area contributed by atoms with Gasteiger partial charge in [-0.2, -0.15) is 0 Å². The Balaban J connectivity index is 3.16. The summed E-state index contributed by atoms with van der Waals surface area (Å²) >= 11 is 0. The largest absolute Gasteiger partial charge is 0.103 e. The molecule has 0 fully saturated rings. The van der Waals surface area contributed by atoms with E-state index in [-0.39, 0.29) is 0 Å². The smallest absolute Gasteiger partial charge is 0.0146 e. The van der Waals surface area contributed by atoms with Gasteiger partial charge in [-0.05, 0) is 6.42 Å². The second-order valence-electron chi connectivity index (χ2n) is 2.58. The van der Waals surface area contributed by atoms with Gasteiger partial charge in [0.2, 0.25) is 0 Å². The molecule has 0 heteroatoms. The molecule has 0 aliphatic carbocycles. The lowest BCUT2D eigenvalue weighted by Crippen LogP contribution is -1.77. The van der Waals surface area contributed by atoms with Gasteiger partial charge in [0.25, 0.3) is 0 Å². The molecule has 0 N–H and O–H groups in total. The van der Waals surface area contributed by atoms with E-state index in [4.69, 9.17) is 0 Å². The minimum Gasteiger partial charge on any atom is -0.103 e. The van der Waals surface area contributed by atoms with Crippen molar-refractivity contribution in [2.24, 2.45) is 5.92 Å². The Morgan fingerprint density at radius 2 is 2.00 bits per heavy atom. The number of rotatable bonds is 2. The van der Waals surface area contributed by atoms with E-state index in [1.165, 1.54) is 12.8 Å². The van der Waals surface area contributed by atoms with Crippen molar-refractivity contribution in [3.05, 3.63) is 0 Å². The minimum atomic E-state index is 0.543. The van der Waals surface area contributed by atoms with Gasteiger partial charge in [-0.1, -0.05) is 27.2 Å². The van der Waals surface area contributed by atoms with E-state index >= 15 is 0 Å². The summed E-state index contributed by atoms with van der Waals surface area (Å²) in [4.78, 5) is 0. The van der Waals surface area contributed by atoms with E-state index in [1.807, 2.05) is 0 Å². The van der Waals surface area contributed by atoms with E-state index in [1.54, 1.807) is 0 Å². The molecule has 9 heavy (non-hydrogen) atoms. The standard InChI is InChI=1S/C9H16/c1-4-5-6-7-8-9(2)3/h9H,4-6H2,1-3H3. The van der Waals surface area contributed by atoms with Gasteiger partial charge in [-0.3, -0.25) is 0 Å². The van der Waals surface area contributed by atoms with Gasteiger partial charge in [0.05, 0.1) is 0 Å². The molecule has 0 aromatic rings. The Morgan fingerprint density at radius 1 is 1.33 bits per heavy atom. The fourth-order valence-corrected chi connectivity index (χ4v) is 0.541. The third kappa shape index (κ3) is 7.56. The fourth-order valence-electron chi connectivity index (χ4n) is 0.541. The molecule has 0 saturated carbocycles. The SMILES string of the molecule is CCCCC#CC(C)C. The number of unbranched alkanes of at least 4 members (excludes halogenated alkanes) is 2. The Labute approximate surface area is 58.7 Å². The van der Waals surface area contributed by atoms with Gasteiger partial charge in [0.15, 0.2) is 0 Å². The highest BCUT2D eigenvalue weighted by molar-refractivity contribution is 5.00. The van der Waals surface area contributed by atoms with Gasteiger partial charge < -0.3 is 0 Å². The average molecular weight is 124 g/mol. The lowest BCUT2D eigenvalue weighted by molar-refractivity contribution is 0.819. The molecule has 0 aromatic heterocycles. The van der Waals surface area contributed by atoms with E-state index < -0.39 is 0 Å². The maximum absolute atomic E-state index is 3.14. The predicted octanol–water partition coefficient (Wildman–Crippen LogP) is 2.84. The van der Waals surface area contributed by atoms with Gasteiger partial charge in [0, 0.05) is 12.3 Å². The fraction of sp³-hybridized carbons (Fsp3) is 0.778. The first kappa shape index (κ1) is 8.56. The van der Waals surface area contributed by atoms with Crippen molar-refractivity contribution in [2.75, 3.05) is 0 Å². The van der Waals surface area contributed by atoms with Gasteiger partial charge >= 0.3 is 0 Å². The summed E-state index contributed by atoms with van der Waals surface area (Å²) in [5, 5.41) is 0. The second kappa shape index (κ2) is 5.69. The lowest BCUT2D eigenvalue weighted by Gasteiger charge is -1.87. The van der Waals surface area contributed by atoms with Crippen LogP contribution in [0.25, 0.3) is 0 Å². The van der Waals surface area contributed by atoms with Crippen molar-refractivity contribution >= 4 is 0 Å². The van der Waals surface area contributed by atoms with Crippen LogP contribution >= 0.6 is 0 Å². The van der Waals surface area contributed by atoms with Crippen LogP contribution in [-0.4, -0.2) is 0 Å². The summed E-state index contributed by atoms with van der Waals surface area (Å²) in [5.41, 5.74) is 0. The summed E-state index contributed by atoms with van der Waals surface area (Å²) in [6.45, 7) is 6.44. The zero-order chi connectivity index (χ0) is 7.11. The zero-order valence-corrected chi connectivity index (χ0v) is 6.70. The molecule has 0 rings (SSSR count). The Morgan fingerprint density at radius 3 is 2.44 bits per heavy atom. The van der Waals surface area contributed by atoms with E-state index in [0.29, 0.717) is 5.92 Å². The lowest BCUT2D eigenvalue weighted by atomic mass is 10.2. The van der Waals surface area contributed by atoms with Crippen molar-refractivity contribution in [2.45, 2.75) is 40.0 Å². The van der Waals surface area contributed by atoms with E-state index in [2.05, 4.69) is 32.6 Å². The van der Waals surface area contributed by atoms with Crippen molar-refractivity contribution in [1.82, 2.24) is 0 Å². The molecule has 0 nitrogen and oxygen atoms in total. The van der Waals surface area contributed by atoms with Gasteiger partial charge in [-0.25, -0.2) is 0 Å². The van der Waals surface area contributed by atoms with Crippen LogP contribution in [0, 0.1) is 17.8 Å². The maximum atomic E-state index is 3.14. The predicted molar refractivity (Wildman–Crippen MR) is 42.1 cm³/mol. The van der Waals surface area contributed by atoms with Gasteiger partial charge in [0.1, 0.15) is 0 Å². The first-order valence-electron chi connectivity index (χ1n) is 3.75. The number of hydrogen-bond acceptors (Lipinski definition) is 0. The van der Waals surface area contributed by atoms with Gasteiger partial charge in [-0.15, -0.1) is 11.8 Å². The molecule has 0 aromatic carbocycles. The highest BCUT2D eigenvalue weighted by Gasteiger charge is 1.80. The van der Waals surface area contributed by atoms with Crippen LogP contribution in [0.5, 0.6) is 0 Å². The van der Waals surface area contributed by atoms with E-state index in [9.17, 15) is 0 Å². The van der Waals surface area contributed by atoms with Crippen LogP contribution < -0.4 is 0 Å². The molecule has 0 spiro atoms. The van der Waals surface area contributed by atoms with Crippen LogP contribution in [0.3, 0.4) is 0 Å². The molecule has 0 bridgehead atoms. The second-order valence-corrected chi connectivity index (χ2v) is 2.58. The molecule has 0 heterocycles. The monoisotopic (exact) mass is 124 g/mol. The first-order chi connectivity index (χ1) is 4.27. The highest BCUT2D eigenvalue weighted by atomic mass is 13.8. The van der Waals surface area contributed by atoms with Crippen LogP contribution in [0.2, 0.25) is 0 Å². The third-order valence-electron chi connectivity index (χ3n) is 1.05. The molecule has 0 saturated heterocycles. The first-order valence-corrected chi connectivity index (χ1v) is 3.75. The van der Waals surface area contributed by atoms with Crippen molar-refractivity contribution in [1.29, 1.82) is 0 Å². The minimum absolute atomic E-state index is 0.543. The molecule has 52 valence electrons. The van der Waals surface area contributed by atoms with Crippen molar-refractivity contribution < 1.29 is 0 Å². The summed E-state index contributed by atoms with van der Waals surface area (Å²) in [6.07, 6.45) is 3.58. The quantitative estimate of drug-likeness (QED) is 0.392. The topological polar surface area (TPSA) is 0 Å². The maximum Gasteiger partial charge on any atom is 0.0146 e. The van der Waals surface area contributed by atoms with Crippen LogP contribution in [0.4, 0.5) is 0 Å². The molecule has 0 aliphatic heterocycles. The normalized spacial score (nSPS) is 8.89. The van der Waals surface area contributed by atoms with Crippen LogP contribution in [0.15, 0.2) is 0 Å². The van der Waals surface area contributed by atoms with Crippen molar-refractivity contribution in [3.63, 3.8) is 0 Å². The number of hydrogen-bond donors (Lipinski definition) is 0. The average Bonchev–Trinajstić information content (AvgIpc) is 1.80. The molecule has 0 radical (unpaired) electrons. The zero-order valence-electron chi connectivity index (χ0n) is 6.70.